The fraction of sp³-hybridized carbons (Fsp3) is 1.00. The van der Waals surface area contributed by atoms with Crippen LogP contribution in [-0.4, -0.2) is 50.7 Å². The second kappa shape index (κ2) is 5.99. The molecule has 0 amide bonds. The molecule has 1 aliphatic rings. The van der Waals surface area contributed by atoms with Crippen molar-refractivity contribution in [2.45, 2.75) is 33.7 Å². The molecule has 16 heavy (non-hydrogen) atoms. The third-order valence-corrected chi connectivity index (χ3v) is 3.57. The van der Waals surface area contributed by atoms with Crippen LogP contribution in [-0.2, 0) is 0 Å². The van der Waals surface area contributed by atoms with Gasteiger partial charge in [0, 0.05) is 38.8 Å². The molecule has 1 aliphatic heterocycles. The Kier molecular flexibility index (Phi) is 5.22. The monoisotopic (exact) mass is 227 g/mol. The van der Waals surface area contributed by atoms with Crippen LogP contribution in [0.25, 0.3) is 0 Å². The second-order valence-electron chi connectivity index (χ2n) is 6.16. The molecule has 2 N–H and O–H groups in total. The smallest absolute Gasteiger partial charge is 0.0150 e. The zero-order chi connectivity index (χ0) is 12.2. The van der Waals surface area contributed by atoms with Crippen LogP contribution in [0.2, 0.25) is 0 Å². The molecule has 0 aromatic rings. The van der Waals surface area contributed by atoms with Gasteiger partial charge in [-0.15, -0.1) is 0 Å². The molecule has 0 radical (unpaired) electrons. The summed E-state index contributed by atoms with van der Waals surface area (Å²) in [4.78, 5) is 2.58. The molecule has 1 fully saturated rings. The van der Waals surface area contributed by atoms with E-state index in [0.29, 0.717) is 17.4 Å². The topological polar surface area (TPSA) is 27.3 Å². The normalized spacial score (nSPS) is 23.1. The van der Waals surface area contributed by atoms with Gasteiger partial charge in [-0.05, 0) is 18.4 Å². The minimum Gasteiger partial charge on any atom is -0.316 e. The molecule has 1 rings (SSSR count). The van der Waals surface area contributed by atoms with E-state index in [4.69, 9.17) is 0 Å². The fourth-order valence-electron chi connectivity index (χ4n) is 2.98. The summed E-state index contributed by atoms with van der Waals surface area (Å²) >= 11 is 0. The van der Waals surface area contributed by atoms with E-state index in [2.05, 4.69) is 50.3 Å². The number of nitrogens with zero attached hydrogens (tertiary/aromatic N) is 1. The lowest BCUT2D eigenvalue weighted by Gasteiger charge is -2.38. The predicted molar refractivity (Wildman–Crippen MR) is 70.8 cm³/mol. The van der Waals surface area contributed by atoms with Crippen LogP contribution in [0.15, 0.2) is 0 Å². The Morgan fingerprint density at radius 2 is 1.81 bits per heavy atom. The van der Waals surface area contributed by atoms with Crippen LogP contribution in [0.4, 0.5) is 0 Å². The van der Waals surface area contributed by atoms with Crippen LogP contribution in [0.5, 0.6) is 0 Å². The van der Waals surface area contributed by atoms with Gasteiger partial charge in [-0.1, -0.05) is 27.7 Å². The Morgan fingerprint density at radius 1 is 1.25 bits per heavy atom. The summed E-state index contributed by atoms with van der Waals surface area (Å²) < 4.78 is 0. The maximum atomic E-state index is 3.49. The summed E-state index contributed by atoms with van der Waals surface area (Å²) in [5.41, 5.74) is 0.336. The maximum absolute atomic E-state index is 3.49. The number of hydrogen-bond acceptors (Lipinski definition) is 3. The van der Waals surface area contributed by atoms with E-state index >= 15 is 0 Å². The zero-order valence-corrected chi connectivity index (χ0v) is 11.6. The highest BCUT2D eigenvalue weighted by Crippen LogP contribution is 2.25. The molecular formula is C13H29N3. The number of rotatable bonds is 4. The SMILES string of the molecule is CNC(C(C)CN1CCNCC1)C(C)(C)C. The van der Waals surface area contributed by atoms with Gasteiger partial charge in [0.15, 0.2) is 0 Å². The number of piperazine rings is 1. The molecule has 0 aromatic carbocycles. The average molecular weight is 227 g/mol. The lowest BCUT2D eigenvalue weighted by Crippen LogP contribution is -2.50. The molecule has 0 spiro atoms. The summed E-state index contributed by atoms with van der Waals surface area (Å²) in [6.45, 7) is 15.2. The third-order valence-electron chi connectivity index (χ3n) is 3.57. The van der Waals surface area contributed by atoms with Crippen LogP contribution < -0.4 is 10.6 Å². The lowest BCUT2D eigenvalue weighted by atomic mass is 9.79. The molecule has 0 bridgehead atoms. The molecule has 3 heteroatoms. The predicted octanol–water partition coefficient (Wildman–Crippen LogP) is 1.16. The van der Waals surface area contributed by atoms with E-state index in [1.807, 2.05) is 0 Å². The molecule has 0 aliphatic carbocycles. The highest BCUT2D eigenvalue weighted by molar-refractivity contribution is 4.85. The molecule has 1 saturated heterocycles. The van der Waals surface area contributed by atoms with Gasteiger partial charge >= 0.3 is 0 Å². The fourth-order valence-corrected chi connectivity index (χ4v) is 2.98. The van der Waals surface area contributed by atoms with Crippen molar-refractivity contribution in [1.82, 2.24) is 15.5 Å². The average Bonchev–Trinajstić information content (AvgIpc) is 2.17. The lowest BCUT2D eigenvalue weighted by molar-refractivity contribution is 0.146. The van der Waals surface area contributed by atoms with Gasteiger partial charge in [-0.2, -0.15) is 0 Å². The maximum Gasteiger partial charge on any atom is 0.0150 e. The summed E-state index contributed by atoms with van der Waals surface area (Å²) in [6, 6.07) is 0.586. The first kappa shape index (κ1) is 13.9. The van der Waals surface area contributed by atoms with Gasteiger partial charge in [0.1, 0.15) is 0 Å². The van der Waals surface area contributed by atoms with Crippen LogP contribution in [0.1, 0.15) is 27.7 Å². The Morgan fingerprint density at radius 3 is 2.25 bits per heavy atom. The summed E-state index contributed by atoms with van der Waals surface area (Å²) in [5.74, 6) is 0.697. The Hall–Kier alpha value is -0.120. The Balaban J connectivity index is 2.45. The van der Waals surface area contributed by atoms with Gasteiger partial charge < -0.3 is 15.5 Å². The van der Waals surface area contributed by atoms with Crippen molar-refractivity contribution in [3.63, 3.8) is 0 Å². The quantitative estimate of drug-likeness (QED) is 0.755. The first-order valence-electron chi connectivity index (χ1n) is 6.55. The van der Waals surface area contributed by atoms with Crippen molar-refractivity contribution in [2.75, 3.05) is 39.8 Å². The molecular weight excluding hydrogens is 198 g/mol. The van der Waals surface area contributed by atoms with Crippen LogP contribution in [0.3, 0.4) is 0 Å². The number of hydrogen-bond donors (Lipinski definition) is 2. The van der Waals surface area contributed by atoms with E-state index in [1.54, 1.807) is 0 Å². The Labute approximate surface area is 101 Å². The van der Waals surface area contributed by atoms with Crippen molar-refractivity contribution in [3.05, 3.63) is 0 Å². The summed E-state index contributed by atoms with van der Waals surface area (Å²) in [5, 5.41) is 6.89. The summed E-state index contributed by atoms with van der Waals surface area (Å²) in [7, 11) is 2.09. The van der Waals surface area contributed by atoms with E-state index in [9.17, 15) is 0 Å². The first-order chi connectivity index (χ1) is 7.45. The van der Waals surface area contributed by atoms with E-state index < -0.39 is 0 Å². The highest BCUT2D eigenvalue weighted by atomic mass is 15.2. The van der Waals surface area contributed by atoms with Gasteiger partial charge in [0.25, 0.3) is 0 Å². The van der Waals surface area contributed by atoms with E-state index in [-0.39, 0.29) is 0 Å². The van der Waals surface area contributed by atoms with Crippen molar-refractivity contribution in [1.29, 1.82) is 0 Å². The third kappa shape index (κ3) is 4.04. The molecule has 1 heterocycles. The zero-order valence-electron chi connectivity index (χ0n) is 11.6. The summed E-state index contributed by atoms with van der Waals surface area (Å²) in [6.07, 6.45) is 0. The standard InChI is InChI=1S/C13H29N3/c1-11(12(14-5)13(2,3)4)10-16-8-6-15-7-9-16/h11-12,14-15H,6-10H2,1-5H3. The first-order valence-corrected chi connectivity index (χ1v) is 6.55. The van der Waals surface area contributed by atoms with Gasteiger partial charge in [-0.3, -0.25) is 0 Å². The minimum atomic E-state index is 0.336. The minimum absolute atomic E-state index is 0.336. The number of nitrogens with one attached hydrogen (secondary N) is 2. The Bertz CT molecular complexity index is 192. The van der Waals surface area contributed by atoms with Crippen molar-refractivity contribution in [2.24, 2.45) is 11.3 Å². The van der Waals surface area contributed by atoms with Gasteiger partial charge in [0.05, 0.1) is 0 Å². The molecule has 2 unspecified atom stereocenters. The molecule has 96 valence electrons. The van der Waals surface area contributed by atoms with Crippen LogP contribution >= 0.6 is 0 Å². The van der Waals surface area contributed by atoms with E-state index in [0.717, 1.165) is 13.1 Å². The highest BCUT2D eigenvalue weighted by Gasteiger charge is 2.29. The van der Waals surface area contributed by atoms with Gasteiger partial charge in [0.2, 0.25) is 0 Å². The van der Waals surface area contributed by atoms with Crippen molar-refractivity contribution < 1.29 is 0 Å². The van der Waals surface area contributed by atoms with Crippen molar-refractivity contribution >= 4 is 0 Å². The largest absolute Gasteiger partial charge is 0.316 e. The molecule has 0 saturated carbocycles. The molecule has 0 aromatic heterocycles. The van der Waals surface area contributed by atoms with Crippen molar-refractivity contribution in [3.8, 4) is 0 Å². The molecule has 3 nitrogen and oxygen atoms in total. The van der Waals surface area contributed by atoms with E-state index in [1.165, 1.54) is 19.6 Å². The molecule has 2 atom stereocenters. The van der Waals surface area contributed by atoms with Crippen LogP contribution in [0, 0.1) is 11.3 Å². The van der Waals surface area contributed by atoms with Gasteiger partial charge in [-0.25, -0.2) is 0 Å². The second-order valence-corrected chi connectivity index (χ2v) is 6.16.